The van der Waals surface area contributed by atoms with Crippen LogP contribution in [0.3, 0.4) is 0 Å². The third-order valence-corrected chi connectivity index (χ3v) is 7.09. The van der Waals surface area contributed by atoms with Gasteiger partial charge >= 0.3 is 11.8 Å². The largest absolute Gasteiger partial charge is 0.463 e. The zero-order chi connectivity index (χ0) is 26.5. The summed E-state index contributed by atoms with van der Waals surface area (Å²) in [6.45, 7) is 4.08. The summed E-state index contributed by atoms with van der Waals surface area (Å²) in [6, 6.07) is 6.44. The van der Waals surface area contributed by atoms with Gasteiger partial charge in [0.25, 0.3) is 11.5 Å². The van der Waals surface area contributed by atoms with E-state index < -0.39 is 29.4 Å². The molecular weight excluding hydrogens is 490 g/mol. The number of rotatable bonds is 6. The number of amides is 1. The molecule has 1 amide bonds. The molecular formula is C23H25N5O7S. The van der Waals surface area contributed by atoms with E-state index in [2.05, 4.69) is 5.10 Å². The molecule has 0 aliphatic rings. The van der Waals surface area contributed by atoms with Crippen LogP contribution < -0.4 is 11.2 Å². The van der Waals surface area contributed by atoms with Gasteiger partial charge in [-0.2, -0.15) is 9.78 Å². The molecule has 2 N–H and O–H groups in total. The molecule has 0 aliphatic heterocycles. The van der Waals surface area contributed by atoms with Crippen LogP contribution in [-0.4, -0.2) is 60.3 Å². The minimum absolute atomic E-state index is 0.0109. The van der Waals surface area contributed by atoms with Crippen molar-refractivity contribution in [1.29, 1.82) is 0 Å². The van der Waals surface area contributed by atoms with E-state index >= 15 is 0 Å². The highest BCUT2D eigenvalue weighted by Gasteiger charge is 2.33. The highest BCUT2D eigenvalue weighted by molar-refractivity contribution is 7.19. The number of nitrogens with zero attached hydrogens (tertiary/aromatic N) is 5. The minimum Gasteiger partial charge on any atom is -0.463 e. The van der Waals surface area contributed by atoms with Crippen LogP contribution in [0.4, 0.5) is 4.79 Å². The Kier molecular flexibility index (Phi) is 6.56. The number of benzene rings is 1. The third-order valence-electron chi connectivity index (χ3n) is 5.82. The number of hydrogen-bond donors (Lipinski definition) is 2. The molecule has 1 atom stereocenters. The molecule has 190 valence electrons. The van der Waals surface area contributed by atoms with Crippen molar-refractivity contribution in [2.24, 2.45) is 13.0 Å². The van der Waals surface area contributed by atoms with Gasteiger partial charge in [0.2, 0.25) is 0 Å². The number of aliphatic hydroxyl groups is 1. The first-order valence-electron chi connectivity index (χ1n) is 11.0. The van der Waals surface area contributed by atoms with Gasteiger partial charge in [0.05, 0.1) is 28.5 Å². The molecule has 12 nitrogen and oxygen atoms in total. The van der Waals surface area contributed by atoms with Crippen LogP contribution in [0, 0.1) is 5.92 Å². The van der Waals surface area contributed by atoms with E-state index in [1.165, 1.54) is 25.8 Å². The van der Waals surface area contributed by atoms with E-state index in [1.54, 1.807) is 24.3 Å². The molecule has 1 aromatic carbocycles. The summed E-state index contributed by atoms with van der Waals surface area (Å²) < 4.78 is 3.06. The maximum atomic E-state index is 13.4. The molecule has 4 aromatic rings. The number of carboxylic acid groups (broad SMARTS) is 1. The molecule has 1 unspecified atom stereocenters. The number of hydrogen-bond acceptors (Lipinski definition) is 8. The molecule has 0 aliphatic carbocycles. The fourth-order valence-corrected chi connectivity index (χ4v) is 5.36. The number of carbonyl (C=O) groups excluding carboxylic acids is 1. The Morgan fingerprint density at radius 1 is 1.22 bits per heavy atom. The van der Waals surface area contributed by atoms with Gasteiger partial charge in [-0.15, -0.1) is 11.3 Å². The van der Waals surface area contributed by atoms with Gasteiger partial charge in [-0.25, -0.2) is 14.7 Å². The normalized spacial score (nSPS) is 12.5. The number of para-hydroxylation sites is 1. The van der Waals surface area contributed by atoms with Crippen molar-refractivity contribution in [3.8, 4) is 0 Å². The number of thiophene rings is 1. The fraction of sp³-hybridized carbons (Fsp3) is 0.348. The average Bonchev–Trinajstić information content (AvgIpc) is 3.43. The summed E-state index contributed by atoms with van der Waals surface area (Å²) in [5, 5.41) is 26.4. The quantitative estimate of drug-likeness (QED) is 0.371. The van der Waals surface area contributed by atoms with Crippen molar-refractivity contribution < 1.29 is 24.6 Å². The van der Waals surface area contributed by atoms with Crippen molar-refractivity contribution in [3.63, 3.8) is 0 Å². The first-order valence-corrected chi connectivity index (χ1v) is 11.8. The van der Waals surface area contributed by atoms with Gasteiger partial charge in [-0.05, 0) is 12.0 Å². The zero-order valence-electron chi connectivity index (χ0n) is 20.3. The second-order valence-corrected chi connectivity index (χ2v) is 9.69. The van der Waals surface area contributed by atoms with Crippen LogP contribution in [0.25, 0.3) is 21.1 Å². The average molecular weight is 516 g/mol. The lowest BCUT2D eigenvalue weighted by Crippen LogP contribution is -2.39. The first-order chi connectivity index (χ1) is 17.0. The van der Waals surface area contributed by atoms with Crippen LogP contribution in [0.1, 0.15) is 40.9 Å². The van der Waals surface area contributed by atoms with Crippen molar-refractivity contribution >= 4 is 44.5 Å². The monoisotopic (exact) mass is 515 g/mol. The molecule has 3 heterocycles. The fourth-order valence-electron chi connectivity index (χ4n) is 4.08. The Morgan fingerprint density at radius 3 is 2.50 bits per heavy atom. The molecule has 0 saturated carbocycles. The Morgan fingerprint density at radius 2 is 1.89 bits per heavy atom. The van der Waals surface area contributed by atoms with Gasteiger partial charge < -0.3 is 10.2 Å². The Bertz CT molecular complexity index is 1630. The Hall–Kier alpha value is -3.81. The standard InChI is InChI=1S/C23H25N5O7S/c1-11(2)10-27-21-15(19(30)25(3)22(27)32)14(20(31)26(4)35-5)18(36-21)17(29)16-12-8-6-7-9-13(12)28(24-16)23(33)34/h6-9,11,17,29H,10H2,1-5H3,(H,33,34). The van der Waals surface area contributed by atoms with Crippen LogP contribution in [0.15, 0.2) is 33.9 Å². The van der Waals surface area contributed by atoms with Gasteiger partial charge in [-0.3, -0.25) is 23.6 Å². The van der Waals surface area contributed by atoms with Crippen molar-refractivity contribution in [3.05, 3.63) is 61.2 Å². The molecule has 4 rings (SSSR count). The smallest absolute Gasteiger partial charge is 0.432 e. The van der Waals surface area contributed by atoms with Crippen molar-refractivity contribution in [2.75, 3.05) is 14.2 Å². The highest BCUT2D eigenvalue weighted by atomic mass is 32.1. The van der Waals surface area contributed by atoms with Crippen LogP contribution >= 0.6 is 11.3 Å². The summed E-state index contributed by atoms with van der Waals surface area (Å²) in [7, 11) is 3.95. The van der Waals surface area contributed by atoms with Gasteiger partial charge in [0, 0.05) is 26.0 Å². The lowest BCUT2D eigenvalue weighted by atomic mass is 10.0. The van der Waals surface area contributed by atoms with Crippen LogP contribution in [-0.2, 0) is 18.4 Å². The first kappa shape index (κ1) is 25.3. The van der Waals surface area contributed by atoms with E-state index in [0.717, 1.165) is 25.6 Å². The predicted octanol–water partition coefficient (Wildman–Crippen LogP) is 2.01. The molecule has 0 fully saturated rings. The number of hydroxylamine groups is 2. The summed E-state index contributed by atoms with van der Waals surface area (Å²) in [5.74, 6) is -0.679. The van der Waals surface area contributed by atoms with Gasteiger partial charge in [-0.1, -0.05) is 32.0 Å². The topological polar surface area (TPSA) is 149 Å². The lowest BCUT2D eigenvalue weighted by Gasteiger charge is -2.16. The molecule has 3 aromatic heterocycles. The lowest BCUT2D eigenvalue weighted by molar-refractivity contribution is -0.0756. The van der Waals surface area contributed by atoms with E-state index in [9.17, 15) is 29.4 Å². The second kappa shape index (κ2) is 9.33. The van der Waals surface area contributed by atoms with E-state index in [-0.39, 0.29) is 44.3 Å². The number of aliphatic hydroxyl groups excluding tert-OH is 1. The maximum Gasteiger partial charge on any atom is 0.432 e. The molecule has 36 heavy (non-hydrogen) atoms. The van der Waals surface area contributed by atoms with Crippen LogP contribution in [0.2, 0.25) is 0 Å². The summed E-state index contributed by atoms with van der Waals surface area (Å²) in [4.78, 5) is 56.7. The SMILES string of the molecule is CON(C)C(=O)c1c(C(O)c2nn(C(=O)O)c3ccccc23)sc2c1c(=O)n(C)c(=O)n2CC(C)C. The third kappa shape index (κ3) is 3.90. The Balaban J connectivity index is 2.11. The highest BCUT2D eigenvalue weighted by Crippen LogP contribution is 2.38. The number of fused-ring (bicyclic) bond motifs is 2. The minimum atomic E-state index is -1.58. The summed E-state index contributed by atoms with van der Waals surface area (Å²) in [6.07, 6.45) is -2.93. The maximum absolute atomic E-state index is 13.4. The summed E-state index contributed by atoms with van der Waals surface area (Å²) in [5.41, 5.74) is -1.15. The molecule has 0 saturated heterocycles. The van der Waals surface area contributed by atoms with E-state index in [0.29, 0.717) is 5.39 Å². The van der Waals surface area contributed by atoms with E-state index in [1.807, 2.05) is 13.8 Å². The Labute approximate surface area is 208 Å². The molecule has 13 heteroatoms. The molecule has 0 radical (unpaired) electrons. The number of aromatic nitrogens is 4. The van der Waals surface area contributed by atoms with Crippen LogP contribution in [0.5, 0.6) is 0 Å². The van der Waals surface area contributed by atoms with Gasteiger partial charge in [0.15, 0.2) is 0 Å². The van der Waals surface area contributed by atoms with E-state index in [4.69, 9.17) is 4.84 Å². The van der Waals surface area contributed by atoms with Gasteiger partial charge in [0.1, 0.15) is 16.6 Å². The summed E-state index contributed by atoms with van der Waals surface area (Å²) >= 11 is 0.915. The van der Waals surface area contributed by atoms with Crippen molar-refractivity contribution in [1.82, 2.24) is 24.0 Å². The zero-order valence-corrected chi connectivity index (χ0v) is 21.1. The molecule has 0 spiro atoms. The van der Waals surface area contributed by atoms with Crippen molar-refractivity contribution in [2.45, 2.75) is 26.5 Å². The predicted molar refractivity (Wildman–Crippen MR) is 132 cm³/mol. The number of carbonyl (C=O) groups is 2. The second-order valence-electron chi connectivity index (χ2n) is 8.66. The molecule has 0 bridgehead atoms.